The molecule has 2 aromatic rings. The van der Waals surface area contributed by atoms with Crippen LogP contribution in [0.4, 0.5) is 0 Å². The Labute approximate surface area is 99.3 Å². The third-order valence-electron chi connectivity index (χ3n) is 2.29. The lowest BCUT2D eigenvalue weighted by Crippen LogP contribution is -2.02. The molecule has 0 aliphatic rings. The Kier molecular flexibility index (Phi) is 3.88. The van der Waals surface area contributed by atoms with E-state index < -0.39 is 0 Å². The molecular formula is C11H13ClN4. The lowest BCUT2D eigenvalue weighted by molar-refractivity contribution is 0.588. The molecule has 0 saturated carbocycles. The zero-order valence-electron chi connectivity index (χ0n) is 8.88. The third kappa shape index (κ3) is 3.03. The van der Waals surface area contributed by atoms with Gasteiger partial charge in [-0.25, -0.2) is 0 Å². The van der Waals surface area contributed by atoms with Gasteiger partial charge in [-0.05, 0) is 18.1 Å². The summed E-state index contributed by atoms with van der Waals surface area (Å²) in [5, 5.41) is 8.07. The maximum absolute atomic E-state index is 5.63. The van der Waals surface area contributed by atoms with Gasteiger partial charge in [-0.2, -0.15) is 0 Å². The van der Waals surface area contributed by atoms with Gasteiger partial charge in [0.25, 0.3) is 0 Å². The van der Waals surface area contributed by atoms with Crippen LogP contribution < -0.4 is 0 Å². The first-order valence-corrected chi connectivity index (χ1v) is 5.76. The maximum atomic E-state index is 5.63. The Morgan fingerprint density at radius 1 is 1.31 bits per heavy atom. The van der Waals surface area contributed by atoms with Gasteiger partial charge in [0.05, 0.1) is 5.69 Å². The van der Waals surface area contributed by atoms with Crippen molar-refractivity contribution in [3.63, 3.8) is 0 Å². The molecule has 0 spiro atoms. The molecule has 2 rings (SSSR count). The average molecular weight is 237 g/mol. The molecule has 0 atom stereocenters. The summed E-state index contributed by atoms with van der Waals surface area (Å²) in [5.41, 5.74) is 2.15. The predicted molar refractivity (Wildman–Crippen MR) is 62.4 cm³/mol. The molecule has 5 heteroatoms. The fourth-order valence-electron chi connectivity index (χ4n) is 1.45. The largest absolute Gasteiger partial charge is 0.264 e. The Bertz CT molecular complexity index is 427. The van der Waals surface area contributed by atoms with E-state index in [0.29, 0.717) is 5.88 Å². The topological polar surface area (TPSA) is 43.6 Å². The van der Waals surface area contributed by atoms with E-state index in [2.05, 4.69) is 21.4 Å². The van der Waals surface area contributed by atoms with E-state index >= 15 is 0 Å². The number of rotatable bonds is 5. The van der Waals surface area contributed by atoms with E-state index in [-0.39, 0.29) is 0 Å². The van der Waals surface area contributed by atoms with E-state index in [9.17, 15) is 0 Å². The van der Waals surface area contributed by atoms with Crippen LogP contribution in [0, 0.1) is 0 Å². The van der Waals surface area contributed by atoms with Crippen molar-refractivity contribution in [1.29, 1.82) is 0 Å². The lowest BCUT2D eigenvalue weighted by Gasteiger charge is -1.99. The summed E-state index contributed by atoms with van der Waals surface area (Å²) in [5.74, 6) is 0.585. The fourth-order valence-corrected chi connectivity index (χ4v) is 1.64. The van der Waals surface area contributed by atoms with Gasteiger partial charge >= 0.3 is 0 Å². The molecule has 0 aliphatic heterocycles. The molecule has 0 unspecified atom stereocenters. The van der Waals surface area contributed by atoms with E-state index in [1.165, 1.54) is 5.56 Å². The van der Waals surface area contributed by atoms with Crippen molar-refractivity contribution < 1.29 is 0 Å². The highest BCUT2D eigenvalue weighted by molar-refractivity contribution is 6.17. The molecule has 0 radical (unpaired) electrons. The summed E-state index contributed by atoms with van der Waals surface area (Å²) in [6, 6.07) is 4.00. The van der Waals surface area contributed by atoms with Crippen molar-refractivity contribution in [1.82, 2.24) is 20.0 Å². The van der Waals surface area contributed by atoms with Crippen molar-refractivity contribution in [3.8, 4) is 0 Å². The van der Waals surface area contributed by atoms with Gasteiger partial charge in [-0.3, -0.25) is 9.67 Å². The van der Waals surface area contributed by atoms with Crippen LogP contribution >= 0.6 is 11.6 Å². The second-order valence-corrected chi connectivity index (χ2v) is 3.90. The Morgan fingerprint density at radius 2 is 2.25 bits per heavy atom. The van der Waals surface area contributed by atoms with Crippen LogP contribution in [0.2, 0.25) is 0 Å². The SMILES string of the molecule is ClCCc1cn(CCc2cccnc2)nn1. The van der Waals surface area contributed by atoms with E-state index in [1.807, 2.05) is 23.1 Å². The third-order valence-corrected chi connectivity index (χ3v) is 2.48. The van der Waals surface area contributed by atoms with Crippen molar-refractivity contribution in [2.75, 3.05) is 5.88 Å². The first-order chi connectivity index (χ1) is 7.88. The smallest absolute Gasteiger partial charge is 0.0839 e. The molecule has 4 nitrogen and oxygen atoms in total. The molecule has 0 saturated heterocycles. The first kappa shape index (κ1) is 11.1. The number of alkyl halides is 1. The standard InChI is InChI=1S/C11H13ClN4/c12-5-3-11-9-16(15-14-11)7-4-10-2-1-6-13-8-10/h1-2,6,8-9H,3-5,7H2. The van der Waals surface area contributed by atoms with Gasteiger partial charge in [0.15, 0.2) is 0 Å². The molecular weight excluding hydrogens is 224 g/mol. The van der Waals surface area contributed by atoms with Crippen LogP contribution in [-0.2, 0) is 19.4 Å². The lowest BCUT2D eigenvalue weighted by atomic mass is 10.2. The number of nitrogens with zero attached hydrogens (tertiary/aromatic N) is 4. The molecule has 2 heterocycles. The summed E-state index contributed by atoms with van der Waals surface area (Å²) >= 11 is 5.63. The van der Waals surface area contributed by atoms with Crippen LogP contribution in [0.3, 0.4) is 0 Å². The zero-order chi connectivity index (χ0) is 11.2. The highest BCUT2D eigenvalue weighted by Crippen LogP contribution is 2.01. The Morgan fingerprint density at radius 3 is 3.00 bits per heavy atom. The van der Waals surface area contributed by atoms with Gasteiger partial charge in [-0.15, -0.1) is 16.7 Å². The van der Waals surface area contributed by atoms with Crippen LogP contribution in [0.1, 0.15) is 11.3 Å². The summed E-state index contributed by atoms with van der Waals surface area (Å²) in [4.78, 5) is 4.07. The molecule has 84 valence electrons. The molecule has 0 N–H and O–H groups in total. The van der Waals surface area contributed by atoms with Crippen molar-refractivity contribution in [2.24, 2.45) is 0 Å². The molecule has 0 aromatic carbocycles. The summed E-state index contributed by atoms with van der Waals surface area (Å²) in [7, 11) is 0. The minimum atomic E-state index is 0.585. The van der Waals surface area contributed by atoms with E-state index in [1.54, 1.807) is 6.20 Å². The highest BCUT2D eigenvalue weighted by Gasteiger charge is 2.00. The van der Waals surface area contributed by atoms with E-state index in [0.717, 1.165) is 25.1 Å². The molecule has 0 bridgehead atoms. The molecule has 16 heavy (non-hydrogen) atoms. The van der Waals surface area contributed by atoms with Gasteiger partial charge in [0, 0.05) is 37.4 Å². The van der Waals surface area contributed by atoms with Crippen LogP contribution in [0.15, 0.2) is 30.7 Å². The minimum absolute atomic E-state index is 0.585. The fraction of sp³-hybridized carbons (Fsp3) is 0.364. The quantitative estimate of drug-likeness (QED) is 0.743. The first-order valence-electron chi connectivity index (χ1n) is 5.22. The van der Waals surface area contributed by atoms with Gasteiger partial charge in [0.1, 0.15) is 0 Å². The number of hydrogen-bond acceptors (Lipinski definition) is 3. The van der Waals surface area contributed by atoms with Gasteiger partial charge in [0.2, 0.25) is 0 Å². The summed E-state index contributed by atoms with van der Waals surface area (Å²) < 4.78 is 1.84. The number of aromatic nitrogens is 4. The van der Waals surface area contributed by atoms with E-state index in [4.69, 9.17) is 11.6 Å². The molecule has 0 aliphatic carbocycles. The van der Waals surface area contributed by atoms with Crippen molar-refractivity contribution >= 4 is 11.6 Å². The van der Waals surface area contributed by atoms with Crippen LogP contribution in [0.25, 0.3) is 0 Å². The summed E-state index contributed by atoms with van der Waals surface area (Å²) in [6.45, 7) is 0.820. The van der Waals surface area contributed by atoms with Gasteiger partial charge in [-0.1, -0.05) is 11.3 Å². The monoisotopic (exact) mass is 236 g/mol. The van der Waals surface area contributed by atoms with Crippen molar-refractivity contribution in [2.45, 2.75) is 19.4 Å². The number of aryl methyl sites for hydroxylation is 3. The predicted octanol–water partition coefficient (Wildman–Crippen LogP) is 1.70. The second kappa shape index (κ2) is 5.61. The Hall–Kier alpha value is -1.42. The number of halogens is 1. The molecule has 0 fully saturated rings. The highest BCUT2D eigenvalue weighted by atomic mass is 35.5. The number of hydrogen-bond donors (Lipinski definition) is 0. The van der Waals surface area contributed by atoms with Gasteiger partial charge < -0.3 is 0 Å². The zero-order valence-corrected chi connectivity index (χ0v) is 9.64. The molecule has 2 aromatic heterocycles. The molecule has 0 amide bonds. The normalized spacial score (nSPS) is 10.6. The average Bonchev–Trinajstić information content (AvgIpc) is 2.76. The Balaban J connectivity index is 1.89. The van der Waals surface area contributed by atoms with Crippen molar-refractivity contribution in [3.05, 3.63) is 42.0 Å². The van der Waals surface area contributed by atoms with Crippen LogP contribution in [0.5, 0.6) is 0 Å². The maximum Gasteiger partial charge on any atom is 0.0839 e. The summed E-state index contributed by atoms with van der Waals surface area (Å²) in [6.07, 6.45) is 7.28. The minimum Gasteiger partial charge on any atom is -0.264 e. The number of pyridine rings is 1. The van der Waals surface area contributed by atoms with Crippen LogP contribution in [-0.4, -0.2) is 25.9 Å². The second-order valence-electron chi connectivity index (χ2n) is 3.52.